The lowest BCUT2D eigenvalue weighted by Gasteiger charge is -2.26. The van der Waals surface area contributed by atoms with E-state index in [-0.39, 0.29) is 11.3 Å². The Balaban J connectivity index is 2.12. The van der Waals surface area contributed by atoms with Gasteiger partial charge in [-0.1, -0.05) is 17.7 Å². The van der Waals surface area contributed by atoms with E-state index >= 15 is 0 Å². The van der Waals surface area contributed by atoms with Gasteiger partial charge in [0, 0.05) is 17.1 Å². The Labute approximate surface area is 199 Å². The molecule has 1 atom stereocenters. The quantitative estimate of drug-likeness (QED) is 0.336. The number of aliphatic hydroxyl groups excluding tert-OH is 1. The van der Waals surface area contributed by atoms with Gasteiger partial charge in [-0.05, 0) is 75.9 Å². The predicted octanol–water partition coefficient (Wildman–Crippen LogP) is 4.12. The number of ketones is 1. The lowest BCUT2D eigenvalue weighted by atomic mass is 9.95. The summed E-state index contributed by atoms with van der Waals surface area (Å²) in [5.41, 5.74) is 1.10. The van der Waals surface area contributed by atoms with Gasteiger partial charge in [-0.15, -0.1) is 0 Å². The Morgan fingerprint density at radius 3 is 2.42 bits per heavy atom. The van der Waals surface area contributed by atoms with Crippen LogP contribution in [0.3, 0.4) is 0 Å². The van der Waals surface area contributed by atoms with E-state index in [1.165, 1.54) is 12.0 Å². The highest BCUT2D eigenvalue weighted by Gasteiger charge is 2.46. The highest BCUT2D eigenvalue weighted by molar-refractivity contribution is 6.46. The third-order valence-electron chi connectivity index (χ3n) is 5.47. The molecule has 0 bridgehead atoms. The summed E-state index contributed by atoms with van der Waals surface area (Å²) in [5, 5.41) is 11.6. The average molecular weight is 473 g/mol. The minimum atomic E-state index is -0.757. The summed E-state index contributed by atoms with van der Waals surface area (Å²) in [6.45, 7) is 3.45. The minimum absolute atomic E-state index is 0.0402. The molecule has 0 radical (unpaired) electrons. The number of Topliss-reactive ketones (excluding diaryl/α,β-unsaturated/α-hetero) is 1. The van der Waals surface area contributed by atoms with Crippen LogP contribution in [0.5, 0.6) is 11.5 Å². The van der Waals surface area contributed by atoms with Crippen molar-refractivity contribution >= 4 is 29.1 Å². The van der Waals surface area contributed by atoms with E-state index in [1.807, 2.05) is 25.9 Å². The Hall–Kier alpha value is -3.03. The monoisotopic (exact) mass is 472 g/mol. The van der Waals surface area contributed by atoms with Crippen molar-refractivity contribution in [2.24, 2.45) is 0 Å². The van der Waals surface area contributed by atoms with Gasteiger partial charge in [-0.3, -0.25) is 9.59 Å². The molecule has 0 aromatic heterocycles. The highest BCUT2D eigenvalue weighted by Crippen LogP contribution is 2.42. The van der Waals surface area contributed by atoms with Crippen molar-refractivity contribution in [1.82, 2.24) is 9.80 Å². The molecule has 7 nitrogen and oxygen atoms in total. The summed E-state index contributed by atoms with van der Waals surface area (Å²) in [4.78, 5) is 29.7. The van der Waals surface area contributed by atoms with Crippen LogP contribution in [0.4, 0.5) is 0 Å². The number of aliphatic hydroxyl groups is 1. The molecule has 33 heavy (non-hydrogen) atoms. The second-order valence-electron chi connectivity index (χ2n) is 8.00. The fraction of sp³-hybridized carbons (Fsp3) is 0.360. The molecule has 1 saturated heterocycles. The number of amides is 1. The maximum absolute atomic E-state index is 13.1. The summed E-state index contributed by atoms with van der Waals surface area (Å²) in [6, 6.07) is 11.0. The zero-order chi connectivity index (χ0) is 24.1. The fourth-order valence-corrected chi connectivity index (χ4v) is 4.03. The maximum Gasteiger partial charge on any atom is 0.295 e. The van der Waals surface area contributed by atoms with Gasteiger partial charge in [-0.2, -0.15) is 0 Å². The highest BCUT2D eigenvalue weighted by atomic mass is 35.5. The number of likely N-dealkylation sites (tertiary alicyclic amines) is 1. The van der Waals surface area contributed by atoms with Gasteiger partial charge < -0.3 is 24.4 Å². The Kier molecular flexibility index (Phi) is 8.00. The van der Waals surface area contributed by atoms with Crippen LogP contribution in [0.25, 0.3) is 5.76 Å². The van der Waals surface area contributed by atoms with E-state index in [1.54, 1.807) is 42.5 Å². The Bertz CT molecular complexity index is 1050. The van der Waals surface area contributed by atoms with E-state index in [9.17, 15) is 14.7 Å². The number of carbonyl (C=O) groups excluding carboxylic acids is 2. The molecule has 8 heteroatoms. The van der Waals surface area contributed by atoms with E-state index in [2.05, 4.69) is 0 Å². The van der Waals surface area contributed by atoms with Gasteiger partial charge in [0.2, 0.25) is 0 Å². The molecule has 1 amide bonds. The van der Waals surface area contributed by atoms with E-state index in [4.69, 9.17) is 21.1 Å². The lowest BCUT2D eigenvalue weighted by Crippen LogP contribution is -2.32. The first-order chi connectivity index (χ1) is 15.8. The first kappa shape index (κ1) is 24.6. The fourth-order valence-electron chi connectivity index (χ4n) is 3.91. The Morgan fingerprint density at radius 1 is 1.12 bits per heavy atom. The third-order valence-corrected chi connectivity index (χ3v) is 5.72. The van der Waals surface area contributed by atoms with Gasteiger partial charge in [0.05, 0.1) is 25.3 Å². The summed E-state index contributed by atoms with van der Waals surface area (Å²) >= 11 is 5.98. The minimum Gasteiger partial charge on any atom is -0.507 e. The number of nitrogens with zero attached hydrogens (tertiary/aromatic N) is 2. The summed E-state index contributed by atoms with van der Waals surface area (Å²) in [5.74, 6) is -0.545. The molecule has 3 rings (SSSR count). The molecule has 1 aliphatic rings. The topological polar surface area (TPSA) is 79.3 Å². The van der Waals surface area contributed by atoms with Crippen molar-refractivity contribution < 1.29 is 24.2 Å². The Morgan fingerprint density at radius 2 is 1.82 bits per heavy atom. The number of halogens is 1. The molecule has 1 N–H and O–H groups in total. The van der Waals surface area contributed by atoms with Crippen molar-refractivity contribution in [3.8, 4) is 11.5 Å². The van der Waals surface area contributed by atoms with Crippen LogP contribution in [-0.4, -0.2) is 67.5 Å². The van der Waals surface area contributed by atoms with Crippen molar-refractivity contribution in [1.29, 1.82) is 0 Å². The number of rotatable bonds is 9. The summed E-state index contributed by atoms with van der Waals surface area (Å²) in [7, 11) is 5.43. The van der Waals surface area contributed by atoms with E-state index < -0.39 is 17.7 Å². The molecular formula is C25H29ClN2O5. The molecule has 2 aromatic rings. The zero-order valence-corrected chi connectivity index (χ0v) is 20.1. The molecule has 0 saturated carbocycles. The standard InChI is InChI=1S/C25H29ClN2O5/c1-5-33-19-12-9-17(15-20(19)32-4)22-21(23(29)16-7-10-18(26)11-8-16)24(30)25(31)28(22)14-6-13-27(2)3/h7-12,15,22,29H,5-6,13-14H2,1-4H3/b23-21+/t22-/m1/s1. The molecule has 1 heterocycles. The summed E-state index contributed by atoms with van der Waals surface area (Å²) in [6.07, 6.45) is 0.672. The molecule has 1 aliphatic heterocycles. The number of ether oxygens (including phenoxy) is 2. The third kappa shape index (κ3) is 5.31. The normalized spacial score (nSPS) is 17.6. The number of hydrogen-bond donors (Lipinski definition) is 1. The van der Waals surface area contributed by atoms with Gasteiger partial charge in [0.15, 0.2) is 11.5 Å². The average Bonchev–Trinajstić information content (AvgIpc) is 3.04. The number of hydrogen-bond acceptors (Lipinski definition) is 6. The van der Waals surface area contributed by atoms with Gasteiger partial charge >= 0.3 is 0 Å². The van der Waals surface area contributed by atoms with E-state index in [0.717, 1.165) is 6.54 Å². The number of methoxy groups -OCH3 is 1. The number of carbonyl (C=O) groups is 2. The van der Waals surface area contributed by atoms with E-state index in [0.29, 0.717) is 47.2 Å². The molecule has 2 aromatic carbocycles. The lowest BCUT2D eigenvalue weighted by molar-refractivity contribution is -0.139. The van der Waals surface area contributed by atoms with Crippen LogP contribution in [0.15, 0.2) is 48.0 Å². The van der Waals surface area contributed by atoms with Crippen LogP contribution in [0.1, 0.15) is 30.5 Å². The van der Waals surface area contributed by atoms with Crippen molar-refractivity contribution in [3.05, 3.63) is 64.2 Å². The van der Waals surface area contributed by atoms with Crippen molar-refractivity contribution in [2.45, 2.75) is 19.4 Å². The maximum atomic E-state index is 13.1. The zero-order valence-electron chi connectivity index (χ0n) is 19.3. The van der Waals surface area contributed by atoms with Crippen LogP contribution in [-0.2, 0) is 9.59 Å². The van der Waals surface area contributed by atoms with Gasteiger partial charge in [0.25, 0.3) is 11.7 Å². The second-order valence-corrected chi connectivity index (χ2v) is 8.44. The van der Waals surface area contributed by atoms with Gasteiger partial charge in [0.1, 0.15) is 5.76 Å². The van der Waals surface area contributed by atoms with Crippen molar-refractivity contribution in [3.63, 3.8) is 0 Å². The van der Waals surface area contributed by atoms with Gasteiger partial charge in [-0.25, -0.2) is 0 Å². The molecular weight excluding hydrogens is 444 g/mol. The smallest absolute Gasteiger partial charge is 0.295 e. The first-order valence-electron chi connectivity index (χ1n) is 10.8. The van der Waals surface area contributed by atoms with Crippen molar-refractivity contribution in [2.75, 3.05) is 40.9 Å². The van der Waals surface area contributed by atoms with Crippen LogP contribution >= 0.6 is 11.6 Å². The second kappa shape index (κ2) is 10.7. The molecule has 0 aliphatic carbocycles. The first-order valence-corrected chi connectivity index (χ1v) is 11.2. The summed E-state index contributed by atoms with van der Waals surface area (Å²) < 4.78 is 11.1. The molecule has 0 spiro atoms. The SMILES string of the molecule is CCOc1ccc([C@@H]2/C(=C(\O)c3ccc(Cl)cc3)C(=O)C(=O)N2CCCN(C)C)cc1OC. The number of benzene rings is 2. The predicted molar refractivity (Wildman–Crippen MR) is 128 cm³/mol. The molecule has 176 valence electrons. The molecule has 0 unspecified atom stereocenters. The largest absolute Gasteiger partial charge is 0.507 e. The van der Waals surface area contributed by atoms with Crippen LogP contribution in [0, 0.1) is 0 Å². The van der Waals surface area contributed by atoms with Crippen LogP contribution in [0.2, 0.25) is 5.02 Å². The molecule has 1 fully saturated rings. The van der Waals surface area contributed by atoms with Crippen LogP contribution < -0.4 is 9.47 Å².